The SMILES string of the molecule is O=C(N(CCc1c[nH]c2ccccc12)Cc1cccc2c1OCO2)C1(c2ccccc2)CC1. The second kappa shape index (κ2) is 8.00. The lowest BCUT2D eigenvalue weighted by molar-refractivity contribution is -0.134. The van der Waals surface area contributed by atoms with Crippen LogP contribution in [0.2, 0.25) is 0 Å². The number of ether oxygens (including phenoxy) is 2. The standard InChI is InChI=1S/C28H26N2O3/c31-27(28(14-15-28)22-8-2-1-3-9-22)30(18-21-7-6-12-25-26(21)33-19-32-25)16-13-20-17-29-24-11-5-4-10-23(20)24/h1-12,17,29H,13-16,18-19H2. The summed E-state index contributed by atoms with van der Waals surface area (Å²) in [5, 5.41) is 1.21. The first-order chi connectivity index (χ1) is 16.2. The van der Waals surface area contributed by atoms with Crippen molar-refractivity contribution in [2.24, 2.45) is 0 Å². The van der Waals surface area contributed by atoms with Gasteiger partial charge in [0.25, 0.3) is 0 Å². The second-order valence-corrected chi connectivity index (χ2v) is 8.94. The molecule has 5 nitrogen and oxygen atoms in total. The van der Waals surface area contributed by atoms with Crippen LogP contribution in [0.25, 0.3) is 10.9 Å². The van der Waals surface area contributed by atoms with Crippen LogP contribution in [0.3, 0.4) is 0 Å². The topological polar surface area (TPSA) is 54.6 Å². The molecule has 0 saturated heterocycles. The summed E-state index contributed by atoms with van der Waals surface area (Å²) in [5.41, 5.74) is 4.05. The van der Waals surface area contributed by atoms with E-state index in [1.807, 2.05) is 47.4 Å². The molecule has 5 heteroatoms. The zero-order valence-electron chi connectivity index (χ0n) is 18.4. The molecule has 1 N–H and O–H groups in total. The highest BCUT2D eigenvalue weighted by atomic mass is 16.7. The number of fused-ring (bicyclic) bond motifs is 2. The molecular weight excluding hydrogens is 412 g/mol. The molecule has 0 atom stereocenters. The van der Waals surface area contributed by atoms with Crippen LogP contribution in [0.1, 0.15) is 29.5 Å². The largest absolute Gasteiger partial charge is 0.454 e. The summed E-state index contributed by atoms with van der Waals surface area (Å²) in [6.07, 6.45) is 4.64. The Morgan fingerprint density at radius 1 is 0.909 bits per heavy atom. The van der Waals surface area contributed by atoms with Crippen LogP contribution < -0.4 is 9.47 Å². The van der Waals surface area contributed by atoms with E-state index in [9.17, 15) is 4.79 Å². The number of para-hydroxylation sites is 2. The van der Waals surface area contributed by atoms with Gasteiger partial charge in [0.15, 0.2) is 11.5 Å². The Labute approximate surface area is 192 Å². The van der Waals surface area contributed by atoms with Crippen LogP contribution in [0.15, 0.2) is 79.0 Å². The Morgan fingerprint density at radius 2 is 1.73 bits per heavy atom. The minimum absolute atomic E-state index is 0.199. The molecule has 1 aromatic heterocycles. The zero-order chi connectivity index (χ0) is 22.3. The molecule has 33 heavy (non-hydrogen) atoms. The van der Waals surface area contributed by atoms with E-state index >= 15 is 0 Å². The van der Waals surface area contributed by atoms with E-state index < -0.39 is 5.41 Å². The number of aromatic amines is 1. The Bertz CT molecular complexity index is 1310. The van der Waals surface area contributed by atoms with E-state index in [1.54, 1.807) is 0 Å². The van der Waals surface area contributed by atoms with Crippen molar-refractivity contribution in [3.63, 3.8) is 0 Å². The number of hydrogen-bond donors (Lipinski definition) is 1. The number of aromatic nitrogens is 1. The van der Waals surface area contributed by atoms with Gasteiger partial charge >= 0.3 is 0 Å². The van der Waals surface area contributed by atoms with Gasteiger partial charge in [0, 0.05) is 35.8 Å². The Balaban J connectivity index is 1.31. The van der Waals surface area contributed by atoms with Crippen molar-refractivity contribution in [3.05, 3.63) is 95.7 Å². The van der Waals surface area contributed by atoms with Crippen LogP contribution in [0.5, 0.6) is 11.5 Å². The average Bonchev–Trinajstić information content (AvgIpc) is 3.34. The molecule has 0 bridgehead atoms. The Morgan fingerprint density at radius 3 is 2.58 bits per heavy atom. The van der Waals surface area contributed by atoms with Gasteiger partial charge in [-0.2, -0.15) is 0 Å². The molecule has 2 heterocycles. The highest BCUT2D eigenvalue weighted by Gasteiger charge is 2.52. The van der Waals surface area contributed by atoms with E-state index in [-0.39, 0.29) is 12.7 Å². The minimum atomic E-state index is -0.406. The highest BCUT2D eigenvalue weighted by molar-refractivity contribution is 5.91. The third-order valence-corrected chi connectivity index (χ3v) is 6.94. The van der Waals surface area contributed by atoms with Gasteiger partial charge in [0.2, 0.25) is 12.7 Å². The van der Waals surface area contributed by atoms with Gasteiger partial charge in [0.1, 0.15) is 0 Å². The van der Waals surface area contributed by atoms with Gasteiger partial charge < -0.3 is 19.4 Å². The molecule has 4 aromatic rings. The average molecular weight is 439 g/mol. The maximum absolute atomic E-state index is 14.0. The van der Waals surface area contributed by atoms with Gasteiger partial charge in [-0.05, 0) is 42.5 Å². The van der Waals surface area contributed by atoms with E-state index in [0.717, 1.165) is 47.4 Å². The van der Waals surface area contributed by atoms with Gasteiger partial charge in [-0.15, -0.1) is 0 Å². The molecule has 1 saturated carbocycles. The molecule has 166 valence electrons. The molecular formula is C28H26N2O3. The fourth-order valence-corrected chi connectivity index (χ4v) is 4.98. The maximum atomic E-state index is 14.0. The number of carbonyl (C=O) groups excluding carboxylic acids is 1. The number of rotatable bonds is 7. The van der Waals surface area contributed by atoms with Crippen molar-refractivity contribution in [3.8, 4) is 11.5 Å². The molecule has 2 aliphatic rings. The zero-order valence-corrected chi connectivity index (χ0v) is 18.4. The Hall–Kier alpha value is -3.73. The summed E-state index contributed by atoms with van der Waals surface area (Å²) < 4.78 is 11.3. The van der Waals surface area contributed by atoms with Crippen LogP contribution in [0, 0.1) is 0 Å². The lowest BCUT2D eigenvalue weighted by Gasteiger charge is -2.28. The molecule has 0 unspecified atom stereocenters. The first-order valence-electron chi connectivity index (χ1n) is 11.5. The first kappa shape index (κ1) is 19.9. The second-order valence-electron chi connectivity index (χ2n) is 8.94. The summed E-state index contributed by atoms with van der Waals surface area (Å²) in [4.78, 5) is 19.4. The van der Waals surface area contributed by atoms with Crippen molar-refractivity contribution in [1.82, 2.24) is 9.88 Å². The number of amides is 1. The van der Waals surface area contributed by atoms with E-state index in [4.69, 9.17) is 9.47 Å². The van der Waals surface area contributed by atoms with E-state index in [2.05, 4.69) is 41.5 Å². The molecule has 0 radical (unpaired) electrons. The van der Waals surface area contributed by atoms with Gasteiger partial charge in [-0.25, -0.2) is 0 Å². The van der Waals surface area contributed by atoms with Crippen LogP contribution in [-0.2, 0) is 23.2 Å². The van der Waals surface area contributed by atoms with Crippen molar-refractivity contribution < 1.29 is 14.3 Å². The first-order valence-corrected chi connectivity index (χ1v) is 11.5. The van der Waals surface area contributed by atoms with Crippen LogP contribution in [0.4, 0.5) is 0 Å². The molecule has 1 amide bonds. The molecule has 1 fully saturated rings. The smallest absolute Gasteiger partial charge is 0.233 e. The molecule has 0 spiro atoms. The van der Waals surface area contributed by atoms with Gasteiger partial charge in [-0.3, -0.25) is 4.79 Å². The fraction of sp³-hybridized carbons (Fsp3) is 0.250. The van der Waals surface area contributed by atoms with Gasteiger partial charge in [0.05, 0.1) is 5.41 Å². The molecule has 6 rings (SSSR count). The number of carbonyl (C=O) groups is 1. The minimum Gasteiger partial charge on any atom is -0.454 e. The Kier molecular flexibility index (Phi) is 4.83. The number of H-pyrrole nitrogens is 1. The third-order valence-electron chi connectivity index (χ3n) is 6.94. The summed E-state index contributed by atoms with van der Waals surface area (Å²) in [5.74, 6) is 1.71. The van der Waals surface area contributed by atoms with Crippen LogP contribution in [-0.4, -0.2) is 29.1 Å². The summed E-state index contributed by atoms with van der Waals surface area (Å²) in [7, 11) is 0. The monoisotopic (exact) mass is 438 g/mol. The lowest BCUT2D eigenvalue weighted by Crippen LogP contribution is -2.40. The highest BCUT2D eigenvalue weighted by Crippen LogP contribution is 2.50. The van der Waals surface area contributed by atoms with Crippen molar-refractivity contribution in [2.45, 2.75) is 31.2 Å². The van der Waals surface area contributed by atoms with Crippen molar-refractivity contribution in [1.29, 1.82) is 0 Å². The summed E-state index contributed by atoms with van der Waals surface area (Å²) in [6, 6.07) is 24.4. The van der Waals surface area contributed by atoms with Crippen molar-refractivity contribution in [2.75, 3.05) is 13.3 Å². The number of nitrogens with zero attached hydrogens (tertiary/aromatic N) is 1. The summed E-state index contributed by atoms with van der Waals surface area (Å²) >= 11 is 0. The number of hydrogen-bond acceptors (Lipinski definition) is 3. The van der Waals surface area contributed by atoms with Crippen LogP contribution >= 0.6 is 0 Å². The number of nitrogens with one attached hydrogen (secondary N) is 1. The number of benzene rings is 3. The fourth-order valence-electron chi connectivity index (χ4n) is 4.98. The maximum Gasteiger partial charge on any atom is 0.233 e. The van der Waals surface area contributed by atoms with Crippen molar-refractivity contribution >= 4 is 16.8 Å². The predicted octanol–water partition coefficient (Wildman–Crippen LogP) is 5.20. The summed E-state index contributed by atoms with van der Waals surface area (Å²) in [6.45, 7) is 1.37. The van der Waals surface area contributed by atoms with Gasteiger partial charge in [-0.1, -0.05) is 60.7 Å². The molecule has 1 aliphatic carbocycles. The van der Waals surface area contributed by atoms with E-state index in [0.29, 0.717) is 13.1 Å². The lowest BCUT2D eigenvalue weighted by atomic mass is 9.93. The van der Waals surface area contributed by atoms with E-state index in [1.165, 1.54) is 10.9 Å². The molecule has 1 aliphatic heterocycles. The third kappa shape index (κ3) is 3.54. The predicted molar refractivity (Wildman–Crippen MR) is 127 cm³/mol. The normalized spacial score (nSPS) is 15.5. The molecule has 3 aromatic carbocycles. The quantitative estimate of drug-likeness (QED) is 0.432.